The Bertz CT molecular complexity index is 1020. The fraction of sp³-hybridized carbons (Fsp3) is 0.519. The number of likely N-dealkylation sites (N-methyl/N-ethyl adjacent to an activating group) is 1. The molecule has 3 rings (SSSR count). The van der Waals surface area contributed by atoms with Gasteiger partial charge in [-0.3, -0.25) is 14.7 Å². The highest BCUT2D eigenvalue weighted by atomic mass is 16.5. The van der Waals surface area contributed by atoms with E-state index >= 15 is 0 Å². The topological polar surface area (TPSA) is 96.0 Å². The molecule has 2 N–H and O–H groups in total. The minimum absolute atomic E-state index is 0.00261. The van der Waals surface area contributed by atoms with Crippen molar-refractivity contribution < 1.29 is 19.1 Å². The number of hydrogen-bond acceptors (Lipinski definition) is 6. The molecule has 0 fully saturated rings. The quantitative estimate of drug-likeness (QED) is 0.655. The lowest BCUT2D eigenvalue weighted by Gasteiger charge is -2.35. The van der Waals surface area contributed by atoms with Gasteiger partial charge in [-0.05, 0) is 51.0 Å². The van der Waals surface area contributed by atoms with Crippen molar-refractivity contribution in [2.75, 3.05) is 39.2 Å². The first-order valence-corrected chi connectivity index (χ1v) is 12.4. The standard InChI is InChI=1S/C27H39N5O4/c1-18(2)29-27(34)30-21-10-11-23-24(13-21)36-17-20(4)32(15-22-9-7-8-12-28-22)14-19(3)25(35-6)16-31(5)26(23)33/h7-13,18-20,25H,14-17H2,1-6H3,(H2,29,30,34)/t19-,20-,25+/m0/s1. The Kier molecular flexibility index (Phi) is 9.66. The third-order valence-electron chi connectivity index (χ3n) is 6.34. The number of nitrogens with zero attached hydrogens (tertiary/aromatic N) is 3. The first-order chi connectivity index (χ1) is 17.2. The van der Waals surface area contributed by atoms with Crippen molar-refractivity contribution in [1.82, 2.24) is 20.1 Å². The summed E-state index contributed by atoms with van der Waals surface area (Å²) in [4.78, 5) is 34.1. The Morgan fingerprint density at radius 2 is 2.00 bits per heavy atom. The fourth-order valence-electron chi connectivity index (χ4n) is 4.27. The number of amides is 3. The van der Waals surface area contributed by atoms with Gasteiger partial charge < -0.3 is 25.0 Å². The number of hydrogen-bond donors (Lipinski definition) is 2. The molecule has 0 saturated heterocycles. The maximum Gasteiger partial charge on any atom is 0.319 e. The summed E-state index contributed by atoms with van der Waals surface area (Å²) in [5.41, 5.74) is 1.97. The number of benzene rings is 1. The molecule has 1 aliphatic rings. The van der Waals surface area contributed by atoms with Crippen LogP contribution in [0.15, 0.2) is 42.6 Å². The average Bonchev–Trinajstić information content (AvgIpc) is 2.84. The van der Waals surface area contributed by atoms with Gasteiger partial charge in [0.1, 0.15) is 12.4 Å². The normalized spacial score (nSPS) is 21.7. The highest BCUT2D eigenvalue weighted by Gasteiger charge is 2.28. The molecule has 0 spiro atoms. The molecule has 1 aromatic carbocycles. The van der Waals surface area contributed by atoms with Gasteiger partial charge in [0.25, 0.3) is 5.91 Å². The lowest BCUT2D eigenvalue weighted by Crippen LogP contribution is -2.46. The zero-order valence-electron chi connectivity index (χ0n) is 22.2. The van der Waals surface area contributed by atoms with Crippen LogP contribution in [0.5, 0.6) is 5.75 Å². The van der Waals surface area contributed by atoms with Gasteiger partial charge in [-0.2, -0.15) is 0 Å². The Balaban J connectivity index is 1.91. The second-order valence-corrected chi connectivity index (χ2v) is 9.81. The third-order valence-corrected chi connectivity index (χ3v) is 6.34. The summed E-state index contributed by atoms with van der Waals surface area (Å²) < 4.78 is 12.1. The van der Waals surface area contributed by atoms with E-state index in [1.54, 1.807) is 43.5 Å². The smallest absolute Gasteiger partial charge is 0.319 e. The molecular formula is C27H39N5O4. The maximum atomic E-state index is 13.4. The third kappa shape index (κ3) is 7.41. The molecule has 2 heterocycles. The van der Waals surface area contributed by atoms with Gasteiger partial charge in [0, 0.05) is 63.8 Å². The molecule has 1 aromatic heterocycles. The minimum Gasteiger partial charge on any atom is -0.491 e. The van der Waals surface area contributed by atoms with Crippen LogP contribution in [0, 0.1) is 5.92 Å². The number of pyridine rings is 1. The van der Waals surface area contributed by atoms with Crippen molar-refractivity contribution in [1.29, 1.82) is 0 Å². The molecule has 2 aromatic rings. The van der Waals surface area contributed by atoms with E-state index in [1.807, 2.05) is 32.0 Å². The van der Waals surface area contributed by atoms with E-state index in [0.29, 0.717) is 36.7 Å². The van der Waals surface area contributed by atoms with Crippen LogP contribution < -0.4 is 15.4 Å². The summed E-state index contributed by atoms with van der Waals surface area (Å²) in [5.74, 6) is 0.443. The summed E-state index contributed by atoms with van der Waals surface area (Å²) in [6, 6.07) is 10.8. The van der Waals surface area contributed by atoms with E-state index in [0.717, 1.165) is 12.2 Å². The van der Waals surface area contributed by atoms with Gasteiger partial charge in [0.2, 0.25) is 0 Å². The Morgan fingerprint density at radius 1 is 1.22 bits per heavy atom. The number of anilines is 1. The van der Waals surface area contributed by atoms with Crippen molar-refractivity contribution in [2.24, 2.45) is 5.92 Å². The molecule has 196 valence electrons. The number of aromatic nitrogens is 1. The maximum absolute atomic E-state index is 13.4. The summed E-state index contributed by atoms with van der Waals surface area (Å²) in [7, 11) is 3.46. The van der Waals surface area contributed by atoms with Gasteiger partial charge in [0.05, 0.1) is 17.4 Å². The zero-order chi connectivity index (χ0) is 26.2. The molecule has 0 bridgehead atoms. The molecule has 0 unspecified atom stereocenters. The number of rotatable bonds is 5. The molecule has 36 heavy (non-hydrogen) atoms. The summed E-state index contributed by atoms with van der Waals surface area (Å²) in [5, 5.41) is 5.62. The van der Waals surface area contributed by atoms with E-state index in [2.05, 4.69) is 34.4 Å². The molecule has 9 nitrogen and oxygen atoms in total. The number of carbonyl (C=O) groups excluding carboxylic acids is 2. The molecule has 3 atom stereocenters. The van der Waals surface area contributed by atoms with Crippen molar-refractivity contribution in [3.63, 3.8) is 0 Å². The van der Waals surface area contributed by atoms with Crippen LogP contribution in [-0.2, 0) is 11.3 Å². The number of ether oxygens (including phenoxy) is 2. The highest BCUT2D eigenvalue weighted by molar-refractivity contribution is 5.98. The van der Waals surface area contributed by atoms with E-state index < -0.39 is 0 Å². The summed E-state index contributed by atoms with van der Waals surface area (Å²) in [6.45, 7) is 10.3. The second kappa shape index (κ2) is 12.7. The van der Waals surface area contributed by atoms with Crippen LogP contribution in [-0.4, -0.2) is 78.8 Å². The van der Waals surface area contributed by atoms with Gasteiger partial charge in [0.15, 0.2) is 0 Å². The van der Waals surface area contributed by atoms with Gasteiger partial charge in [-0.1, -0.05) is 13.0 Å². The Morgan fingerprint density at radius 3 is 2.67 bits per heavy atom. The van der Waals surface area contributed by atoms with Crippen molar-refractivity contribution in [3.05, 3.63) is 53.9 Å². The van der Waals surface area contributed by atoms with Gasteiger partial charge in [-0.25, -0.2) is 4.79 Å². The molecule has 0 aliphatic carbocycles. The van der Waals surface area contributed by atoms with Gasteiger partial charge >= 0.3 is 6.03 Å². The minimum atomic E-state index is -0.312. The molecule has 0 radical (unpaired) electrons. The van der Waals surface area contributed by atoms with Crippen LogP contribution in [0.25, 0.3) is 0 Å². The fourth-order valence-corrected chi connectivity index (χ4v) is 4.27. The average molecular weight is 498 g/mol. The van der Waals surface area contributed by atoms with E-state index in [-0.39, 0.29) is 36.0 Å². The van der Waals surface area contributed by atoms with Crippen LogP contribution in [0.3, 0.4) is 0 Å². The predicted molar refractivity (Wildman–Crippen MR) is 140 cm³/mol. The molecule has 3 amide bonds. The van der Waals surface area contributed by atoms with Crippen LogP contribution in [0.2, 0.25) is 0 Å². The number of fused-ring (bicyclic) bond motifs is 1. The number of methoxy groups -OCH3 is 1. The molecule has 1 aliphatic heterocycles. The largest absolute Gasteiger partial charge is 0.491 e. The van der Waals surface area contributed by atoms with Gasteiger partial charge in [-0.15, -0.1) is 0 Å². The number of urea groups is 1. The molecule has 0 saturated carbocycles. The lowest BCUT2D eigenvalue weighted by atomic mass is 10.0. The second-order valence-electron chi connectivity index (χ2n) is 9.81. The highest BCUT2D eigenvalue weighted by Crippen LogP contribution is 2.27. The Hall–Kier alpha value is -3.17. The molecular weight excluding hydrogens is 458 g/mol. The SMILES string of the molecule is CO[C@@H]1CN(C)C(=O)c2ccc(NC(=O)NC(C)C)cc2OC[C@H](C)N(Cc2ccccn2)C[C@@H]1C. The Labute approximate surface area is 214 Å². The van der Waals surface area contributed by atoms with Crippen LogP contribution in [0.4, 0.5) is 10.5 Å². The van der Waals surface area contributed by atoms with Crippen molar-refractivity contribution in [3.8, 4) is 5.75 Å². The first kappa shape index (κ1) is 27.4. The van der Waals surface area contributed by atoms with E-state index in [4.69, 9.17) is 9.47 Å². The monoisotopic (exact) mass is 497 g/mol. The predicted octanol–water partition coefficient (Wildman–Crippen LogP) is 3.62. The summed E-state index contributed by atoms with van der Waals surface area (Å²) >= 11 is 0. The number of carbonyl (C=O) groups is 2. The van der Waals surface area contributed by atoms with Crippen molar-refractivity contribution >= 4 is 17.6 Å². The van der Waals surface area contributed by atoms with Crippen molar-refractivity contribution in [2.45, 2.75) is 52.4 Å². The zero-order valence-corrected chi connectivity index (χ0v) is 22.2. The van der Waals surface area contributed by atoms with Crippen LogP contribution >= 0.6 is 0 Å². The lowest BCUT2D eigenvalue weighted by molar-refractivity contribution is 0.00901. The summed E-state index contributed by atoms with van der Waals surface area (Å²) in [6.07, 6.45) is 1.66. The first-order valence-electron chi connectivity index (χ1n) is 12.4. The molecule has 9 heteroatoms. The van der Waals surface area contributed by atoms with E-state index in [9.17, 15) is 9.59 Å². The number of nitrogens with one attached hydrogen (secondary N) is 2. The van der Waals surface area contributed by atoms with Crippen LogP contribution in [0.1, 0.15) is 43.7 Å². The van der Waals surface area contributed by atoms with E-state index in [1.165, 1.54) is 0 Å².